The Hall–Kier alpha value is -3.65. The lowest BCUT2D eigenvalue weighted by molar-refractivity contribution is -0.115. The summed E-state index contributed by atoms with van der Waals surface area (Å²) in [6.45, 7) is 0. The highest BCUT2D eigenvalue weighted by Crippen LogP contribution is 2.31. The summed E-state index contributed by atoms with van der Waals surface area (Å²) < 4.78 is 1.90. The van der Waals surface area contributed by atoms with Crippen LogP contribution in [-0.2, 0) is 4.79 Å². The van der Waals surface area contributed by atoms with Gasteiger partial charge in [0.15, 0.2) is 0 Å². The van der Waals surface area contributed by atoms with Gasteiger partial charge < -0.3 is 10.6 Å². The van der Waals surface area contributed by atoms with Crippen molar-refractivity contribution in [3.8, 4) is 5.82 Å². The molecule has 3 heterocycles. The topological polar surface area (TPSA) is 88.9 Å². The van der Waals surface area contributed by atoms with Crippen molar-refractivity contribution in [3.63, 3.8) is 0 Å². The number of hydrogen-bond acceptors (Lipinski definition) is 5. The third-order valence-corrected chi connectivity index (χ3v) is 5.88. The van der Waals surface area contributed by atoms with Gasteiger partial charge in [-0.3, -0.25) is 14.2 Å². The Kier molecular flexibility index (Phi) is 4.68. The van der Waals surface area contributed by atoms with E-state index in [0.717, 1.165) is 21.7 Å². The molecule has 2 amide bonds. The first-order valence-electron chi connectivity index (χ1n) is 9.44. The Morgan fingerprint density at radius 3 is 2.87 bits per heavy atom. The molecule has 2 aromatic carbocycles. The summed E-state index contributed by atoms with van der Waals surface area (Å²) in [6.07, 6.45) is 3.81. The number of benzene rings is 2. The monoisotopic (exact) mass is 415 g/mol. The van der Waals surface area contributed by atoms with E-state index < -0.39 is 0 Å². The number of amides is 2. The molecule has 0 fully saturated rings. The van der Waals surface area contributed by atoms with Crippen molar-refractivity contribution in [1.29, 1.82) is 0 Å². The van der Waals surface area contributed by atoms with E-state index in [4.69, 9.17) is 0 Å². The van der Waals surface area contributed by atoms with Gasteiger partial charge in [0, 0.05) is 22.6 Å². The SMILES string of the molecule is O=C1CCSc2ccc(C(=O)Nc3ccc(-n4cnc5ccccc54)nc3)cc2N1. The number of pyridine rings is 1. The van der Waals surface area contributed by atoms with E-state index in [0.29, 0.717) is 29.2 Å². The highest BCUT2D eigenvalue weighted by atomic mass is 32.2. The Bertz CT molecular complexity index is 1270. The minimum absolute atomic E-state index is 0.0365. The van der Waals surface area contributed by atoms with Crippen LogP contribution in [0.15, 0.2) is 72.0 Å². The summed E-state index contributed by atoms with van der Waals surface area (Å²) in [7, 11) is 0. The minimum Gasteiger partial charge on any atom is -0.325 e. The van der Waals surface area contributed by atoms with Gasteiger partial charge in [0.1, 0.15) is 12.1 Å². The van der Waals surface area contributed by atoms with Gasteiger partial charge in [-0.25, -0.2) is 9.97 Å². The van der Waals surface area contributed by atoms with E-state index in [1.807, 2.05) is 41.0 Å². The van der Waals surface area contributed by atoms with Crippen molar-refractivity contribution < 1.29 is 9.59 Å². The van der Waals surface area contributed by atoms with Crippen LogP contribution in [0.4, 0.5) is 11.4 Å². The standard InChI is InChI=1S/C22H17N5O2S/c28-21-9-10-30-19-7-5-14(11-17(19)26-21)22(29)25-15-6-8-20(23-12-15)27-13-24-16-3-1-2-4-18(16)27/h1-8,11-13H,9-10H2,(H,25,29)(H,26,28). The predicted molar refractivity (Wildman–Crippen MR) is 117 cm³/mol. The summed E-state index contributed by atoms with van der Waals surface area (Å²) in [6, 6.07) is 16.8. The van der Waals surface area contributed by atoms with Gasteiger partial charge >= 0.3 is 0 Å². The van der Waals surface area contributed by atoms with Crippen LogP contribution in [0.3, 0.4) is 0 Å². The second-order valence-corrected chi connectivity index (χ2v) is 7.96. The molecule has 2 N–H and O–H groups in total. The van der Waals surface area contributed by atoms with E-state index in [1.54, 1.807) is 42.5 Å². The molecule has 0 saturated carbocycles. The third-order valence-electron chi connectivity index (χ3n) is 4.81. The average molecular weight is 415 g/mol. The van der Waals surface area contributed by atoms with E-state index >= 15 is 0 Å². The van der Waals surface area contributed by atoms with Crippen molar-refractivity contribution in [1.82, 2.24) is 14.5 Å². The highest BCUT2D eigenvalue weighted by molar-refractivity contribution is 7.99. The van der Waals surface area contributed by atoms with Crippen molar-refractivity contribution in [3.05, 3.63) is 72.7 Å². The Morgan fingerprint density at radius 2 is 2.00 bits per heavy atom. The molecule has 0 aliphatic carbocycles. The largest absolute Gasteiger partial charge is 0.325 e. The molecular formula is C22H17N5O2S. The van der Waals surface area contributed by atoms with Gasteiger partial charge in [0.25, 0.3) is 5.91 Å². The van der Waals surface area contributed by atoms with E-state index in [1.165, 1.54) is 0 Å². The second kappa shape index (κ2) is 7.64. The normalized spacial score (nSPS) is 13.4. The zero-order chi connectivity index (χ0) is 20.5. The van der Waals surface area contributed by atoms with Crippen molar-refractivity contribution >= 4 is 46.0 Å². The highest BCUT2D eigenvalue weighted by Gasteiger charge is 2.16. The first kappa shape index (κ1) is 18.4. The average Bonchev–Trinajstić information content (AvgIpc) is 3.10. The lowest BCUT2D eigenvalue weighted by Crippen LogP contribution is -2.14. The molecule has 1 aliphatic heterocycles. The van der Waals surface area contributed by atoms with E-state index in [9.17, 15) is 9.59 Å². The molecular weight excluding hydrogens is 398 g/mol. The smallest absolute Gasteiger partial charge is 0.255 e. The molecule has 0 spiro atoms. The molecule has 1 aliphatic rings. The molecule has 8 heteroatoms. The van der Waals surface area contributed by atoms with Crippen molar-refractivity contribution in [2.75, 3.05) is 16.4 Å². The number of hydrogen-bond donors (Lipinski definition) is 2. The number of rotatable bonds is 3. The molecule has 5 rings (SSSR count). The zero-order valence-electron chi connectivity index (χ0n) is 15.8. The Labute approximate surface area is 176 Å². The molecule has 0 bridgehead atoms. The van der Waals surface area contributed by atoms with Crippen molar-refractivity contribution in [2.24, 2.45) is 0 Å². The third kappa shape index (κ3) is 3.53. The number of aromatic nitrogens is 3. The molecule has 2 aromatic heterocycles. The van der Waals surface area contributed by atoms with E-state index in [-0.39, 0.29) is 11.8 Å². The molecule has 7 nitrogen and oxygen atoms in total. The van der Waals surface area contributed by atoms with Crippen LogP contribution in [-0.4, -0.2) is 32.1 Å². The predicted octanol–water partition coefficient (Wildman–Crippen LogP) is 4.11. The van der Waals surface area contributed by atoms with Crippen LogP contribution >= 0.6 is 11.8 Å². The molecule has 0 saturated heterocycles. The number of fused-ring (bicyclic) bond motifs is 2. The summed E-state index contributed by atoms with van der Waals surface area (Å²) in [5, 5.41) is 5.71. The number of carbonyl (C=O) groups excluding carboxylic acids is 2. The lowest BCUT2D eigenvalue weighted by Gasteiger charge is -2.10. The number of nitrogens with one attached hydrogen (secondary N) is 2. The Balaban J connectivity index is 1.35. The van der Waals surface area contributed by atoms with Crippen LogP contribution in [0.5, 0.6) is 0 Å². The van der Waals surface area contributed by atoms with Gasteiger partial charge in [0.05, 0.1) is 28.6 Å². The summed E-state index contributed by atoms with van der Waals surface area (Å²) in [5.41, 5.74) is 3.59. The summed E-state index contributed by atoms with van der Waals surface area (Å²) >= 11 is 1.61. The van der Waals surface area contributed by atoms with Crippen LogP contribution < -0.4 is 10.6 Å². The maximum atomic E-state index is 12.7. The number of carbonyl (C=O) groups is 2. The fourth-order valence-electron chi connectivity index (χ4n) is 3.31. The first-order valence-corrected chi connectivity index (χ1v) is 10.4. The number of anilines is 2. The van der Waals surface area contributed by atoms with Gasteiger partial charge in [-0.2, -0.15) is 0 Å². The number of para-hydroxylation sites is 2. The Morgan fingerprint density at radius 1 is 1.10 bits per heavy atom. The second-order valence-electron chi connectivity index (χ2n) is 6.82. The fraction of sp³-hybridized carbons (Fsp3) is 0.0909. The zero-order valence-corrected chi connectivity index (χ0v) is 16.6. The molecule has 4 aromatic rings. The first-order chi connectivity index (χ1) is 14.7. The van der Waals surface area contributed by atoms with Crippen LogP contribution in [0, 0.1) is 0 Å². The number of imidazole rings is 1. The molecule has 0 radical (unpaired) electrons. The fourth-order valence-corrected chi connectivity index (χ4v) is 4.25. The number of thioether (sulfide) groups is 1. The summed E-state index contributed by atoms with van der Waals surface area (Å²) in [5.74, 6) is 1.15. The number of nitrogens with zero attached hydrogens (tertiary/aromatic N) is 3. The molecule has 30 heavy (non-hydrogen) atoms. The van der Waals surface area contributed by atoms with E-state index in [2.05, 4.69) is 20.6 Å². The van der Waals surface area contributed by atoms with Crippen molar-refractivity contribution in [2.45, 2.75) is 11.3 Å². The van der Waals surface area contributed by atoms with Gasteiger partial charge in [-0.15, -0.1) is 11.8 Å². The lowest BCUT2D eigenvalue weighted by atomic mass is 10.1. The molecule has 148 valence electrons. The van der Waals surface area contributed by atoms with Crippen LogP contribution in [0.25, 0.3) is 16.9 Å². The molecule has 0 atom stereocenters. The minimum atomic E-state index is -0.260. The maximum absolute atomic E-state index is 12.7. The van der Waals surface area contributed by atoms with Crippen LogP contribution in [0.2, 0.25) is 0 Å². The van der Waals surface area contributed by atoms with Gasteiger partial charge in [0.2, 0.25) is 5.91 Å². The molecule has 0 unspecified atom stereocenters. The van der Waals surface area contributed by atoms with Gasteiger partial charge in [-0.1, -0.05) is 12.1 Å². The summed E-state index contributed by atoms with van der Waals surface area (Å²) in [4.78, 5) is 34.3. The van der Waals surface area contributed by atoms with Crippen LogP contribution in [0.1, 0.15) is 16.8 Å². The quantitative estimate of drug-likeness (QED) is 0.526. The maximum Gasteiger partial charge on any atom is 0.255 e. The van der Waals surface area contributed by atoms with Gasteiger partial charge in [-0.05, 0) is 42.5 Å².